The monoisotopic (exact) mass is 223 g/mol. The van der Waals surface area contributed by atoms with Crippen molar-refractivity contribution in [2.45, 2.75) is 12.3 Å². The molecule has 0 aromatic heterocycles. The van der Waals surface area contributed by atoms with Gasteiger partial charge < -0.3 is 5.73 Å². The van der Waals surface area contributed by atoms with E-state index >= 15 is 0 Å². The van der Waals surface area contributed by atoms with Gasteiger partial charge in [0, 0.05) is 11.4 Å². The van der Waals surface area contributed by atoms with Gasteiger partial charge in [-0.3, -0.25) is 0 Å². The van der Waals surface area contributed by atoms with Gasteiger partial charge in [-0.25, -0.2) is 13.2 Å². The van der Waals surface area contributed by atoms with Crippen LogP contribution in [0.1, 0.15) is 12.0 Å². The molecule has 0 radical (unpaired) electrons. The molecule has 5 heteroatoms. The van der Waals surface area contributed by atoms with Gasteiger partial charge in [-0.2, -0.15) is 0 Å². The van der Waals surface area contributed by atoms with Crippen molar-refractivity contribution in [2.75, 3.05) is 6.54 Å². The summed E-state index contributed by atoms with van der Waals surface area (Å²) in [4.78, 5) is 0. The second kappa shape index (κ2) is 4.19. The third-order valence-corrected chi connectivity index (χ3v) is 2.02. The van der Waals surface area contributed by atoms with E-state index in [1.165, 1.54) is 6.07 Å². The fourth-order valence-electron chi connectivity index (χ4n) is 1.09. The predicted octanol–water partition coefficient (Wildman–Crippen LogP) is 2.92. The maximum absolute atomic E-state index is 13.2. The molecule has 0 bridgehead atoms. The molecule has 0 spiro atoms. The summed E-state index contributed by atoms with van der Waals surface area (Å²) in [6.07, 6.45) is -0.593. The summed E-state index contributed by atoms with van der Waals surface area (Å²) in [5, 5.41) is 0.0816. The van der Waals surface area contributed by atoms with Gasteiger partial charge in [-0.15, -0.1) is 0 Å². The Morgan fingerprint density at radius 3 is 2.57 bits per heavy atom. The second-order valence-corrected chi connectivity index (χ2v) is 3.30. The molecular formula is C9H9ClF3N. The van der Waals surface area contributed by atoms with Crippen molar-refractivity contribution >= 4 is 11.6 Å². The molecule has 1 aromatic carbocycles. The molecule has 14 heavy (non-hydrogen) atoms. The molecule has 1 nitrogen and oxygen atoms in total. The molecule has 0 atom stereocenters. The molecule has 0 unspecified atom stereocenters. The lowest BCUT2D eigenvalue weighted by molar-refractivity contribution is -0.0141. The standard InChI is InChI=1S/C9H9ClF3N/c10-6-1-2-8(11)7(5-6)9(12,13)3-4-14/h1-2,5H,3-4,14H2. The van der Waals surface area contributed by atoms with Crippen LogP contribution in [0.2, 0.25) is 5.02 Å². The Bertz CT molecular complexity index is 328. The van der Waals surface area contributed by atoms with E-state index in [1.54, 1.807) is 0 Å². The van der Waals surface area contributed by atoms with Gasteiger partial charge in [0.15, 0.2) is 0 Å². The van der Waals surface area contributed by atoms with Gasteiger partial charge in [-0.05, 0) is 24.7 Å². The van der Waals surface area contributed by atoms with Crippen molar-refractivity contribution in [3.05, 3.63) is 34.6 Å². The molecule has 0 heterocycles. The average molecular weight is 224 g/mol. The fraction of sp³-hybridized carbons (Fsp3) is 0.333. The predicted molar refractivity (Wildman–Crippen MR) is 49.0 cm³/mol. The molecule has 0 saturated heterocycles. The summed E-state index contributed by atoms with van der Waals surface area (Å²) in [6.45, 7) is -0.209. The zero-order valence-corrected chi connectivity index (χ0v) is 7.99. The first-order valence-electron chi connectivity index (χ1n) is 4.01. The van der Waals surface area contributed by atoms with Crippen LogP contribution in [0.5, 0.6) is 0 Å². The molecule has 0 saturated carbocycles. The van der Waals surface area contributed by atoms with E-state index in [4.69, 9.17) is 17.3 Å². The Morgan fingerprint density at radius 2 is 2.00 bits per heavy atom. The van der Waals surface area contributed by atoms with Gasteiger partial charge >= 0.3 is 0 Å². The van der Waals surface area contributed by atoms with E-state index in [0.717, 1.165) is 12.1 Å². The normalized spacial score (nSPS) is 11.8. The van der Waals surface area contributed by atoms with Gasteiger partial charge in [0.2, 0.25) is 0 Å². The van der Waals surface area contributed by atoms with Crippen LogP contribution in [-0.2, 0) is 5.92 Å². The zero-order chi connectivity index (χ0) is 10.8. The second-order valence-electron chi connectivity index (χ2n) is 2.87. The van der Waals surface area contributed by atoms with E-state index in [1.807, 2.05) is 0 Å². The minimum atomic E-state index is -3.26. The first-order chi connectivity index (χ1) is 6.47. The number of hydrogen-bond donors (Lipinski definition) is 1. The van der Waals surface area contributed by atoms with Crippen LogP contribution in [0.25, 0.3) is 0 Å². The summed E-state index contributed by atoms with van der Waals surface area (Å²) in [5.74, 6) is -4.23. The Kier molecular flexibility index (Phi) is 3.39. The van der Waals surface area contributed by atoms with Gasteiger partial charge in [0.25, 0.3) is 5.92 Å². The molecule has 78 valence electrons. The van der Waals surface area contributed by atoms with Crippen LogP contribution in [0.15, 0.2) is 18.2 Å². The molecule has 0 aliphatic carbocycles. The van der Waals surface area contributed by atoms with Crippen LogP contribution in [-0.4, -0.2) is 6.54 Å². The highest BCUT2D eigenvalue weighted by Crippen LogP contribution is 2.34. The summed E-state index contributed by atoms with van der Waals surface area (Å²) in [5.41, 5.74) is 4.31. The molecule has 0 aliphatic heterocycles. The largest absolute Gasteiger partial charge is 0.330 e. The summed E-state index contributed by atoms with van der Waals surface area (Å²) in [6, 6.07) is 3.06. The number of benzene rings is 1. The van der Waals surface area contributed by atoms with Crippen molar-refractivity contribution in [1.29, 1.82) is 0 Å². The van der Waals surface area contributed by atoms with Crippen molar-refractivity contribution in [1.82, 2.24) is 0 Å². The van der Waals surface area contributed by atoms with Crippen LogP contribution < -0.4 is 5.73 Å². The van der Waals surface area contributed by atoms with Crippen molar-refractivity contribution in [3.63, 3.8) is 0 Å². The number of hydrogen-bond acceptors (Lipinski definition) is 1. The highest BCUT2D eigenvalue weighted by atomic mass is 35.5. The topological polar surface area (TPSA) is 26.0 Å². The first-order valence-corrected chi connectivity index (χ1v) is 4.38. The van der Waals surface area contributed by atoms with Gasteiger partial charge in [0.05, 0.1) is 5.56 Å². The van der Waals surface area contributed by atoms with E-state index in [2.05, 4.69) is 0 Å². The third-order valence-electron chi connectivity index (χ3n) is 1.78. The number of nitrogens with two attached hydrogens (primary N) is 1. The lowest BCUT2D eigenvalue weighted by Crippen LogP contribution is -2.20. The Morgan fingerprint density at radius 1 is 1.36 bits per heavy atom. The van der Waals surface area contributed by atoms with Crippen LogP contribution in [0, 0.1) is 5.82 Å². The average Bonchev–Trinajstić information content (AvgIpc) is 2.09. The molecule has 0 amide bonds. The Hall–Kier alpha value is -0.740. The Balaban J connectivity index is 3.10. The lowest BCUT2D eigenvalue weighted by Gasteiger charge is -2.16. The van der Waals surface area contributed by atoms with E-state index in [-0.39, 0.29) is 11.6 Å². The summed E-state index contributed by atoms with van der Waals surface area (Å²) < 4.78 is 39.4. The molecule has 0 fully saturated rings. The number of alkyl halides is 2. The minimum absolute atomic E-state index is 0.0816. The molecule has 2 N–H and O–H groups in total. The van der Waals surface area contributed by atoms with Crippen LogP contribution in [0.3, 0.4) is 0 Å². The van der Waals surface area contributed by atoms with Gasteiger partial charge in [-0.1, -0.05) is 11.6 Å². The fourth-order valence-corrected chi connectivity index (χ4v) is 1.27. The molecular weight excluding hydrogens is 215 g/mol. The zero-order valence-electron chi connectivity index (χ0n) is 7.24. The SMILES string of the molecule is NCCC(F)(F)c1cc(Cl)ccc1F. The highest BCUT2D eigenvalue weighted by molar-refractivity contribution is 6.30. The maximum Gasteiger partial charge on any atom is 0.277 e. The van der Waals surface area contributed by atoms with Gasteiger partial charge in [0.1, 0.15) is 5.82 Å². The molecule has 1 rings (SSSR count). The van der Waals surface area contributed by atoms with Crippen LogP contribution in [0.4, 0.5) is 13.2 Å². The molecule has 0 aliphatic rings. The van der Waals surface area contributed by atoms with Crippen LogP contribution >= 0.6 is 11.6 Å². The quantitative estimate of drug-likeness (QED) is 0.838. The first kappa shape index (κ1) is 11.3. The smallest absolute Gasteiger partial charge is 0.277 e. The maximum atomic E-state index is 13.2. The van der Waals surface area contributed by atoms with E-state index in [9.17, 15) is 13.2 Å². The Labute approximate surface area is 84.7 Å². The minimum Gasteiger partial charge on any atom is -0.330 e. The van der Waals surface area contributed by atoms with E-state index < -0.39 is 23.7 Å². The lowest BCUT2D eigenvalue weighted by atomic mass is 10.1. The third kappa shape index (κ3) is 2.39. The van der Waals surface area contributed by atoms with Crippen molar-refractivity contribution in [2.24, 2.45) is 5.73 Å². The summed E-state index contributed by atoms with van der Waals surface area (Å²) >= 11 is 5.49. The summed E-state index contributed by atoms with van der Waals surface area (Å²) in [7, 11) is 0. The highest BCUT2D eigenvalue weighted by Gasteiger charge is 2.33. The van der Waals surface area contributed by atoms with E-state index in [0.29, 0.717) is 0 Å². The van der Waals surface area contributed by atoms with Crippen molar-refractivity contribution in [3.8, 4) is 0 Å². The number of halogens is 4. The number of rotatable bonds is 3. The van der Waals surface area contributed by atoms with Crippen molar-refractivity contribution < 1.29 is 13.2 Å². The molecule has 1 aromatic rings.